The van der Waals surface area contributed by atoms with Crippen molar-refractivity contribution in [2.45, 2.75) is 19.6 Å². The van der Waals surface area contributed by atoms with Crippen LogP contribution in [-0.2, 0) is 11.3 Å². The lowest BCUT2D eigenvalue weighted by Gasteiger charge is -2.22. The van der Waals surface area contributed by atoms with E-state index in [0.29, 0.717) is 18.7 Å². The molecule has 1 aliphatic heterocycles. The van der Waals surface area contributed by atoms with Crippen LogP contribution in [-0.4, -0.2) is 16.2 Å². The SMILES string of the molecule is C[C@H]1COCc2nc3c(F)cc(Br)cc3n21. The molecule has 0 aliphatic carbocycles. The minimum Gasteiger partial charge on any atom is -0.371 e. The maximum atomic E-state index is 13.7. The second kappa shape index (κ2) is 3.53. The van der Waals surface area contributed by atoms with E-state index in [1.54, 1.807) is 0 Å². The largest absolute Gasteiger partial charge is 0.371 e. The van der Waals surface area contributed by atoms with Gasteiger partial charge in [0.15, 0.2) is 5.82 Å². The lowest BCUT2D eigenvalue weighted by atomic mass is 10.2. The average molecular weight is 285 g/mol. The van der Waals surface area contributed by atoms with E-state index in [9.17, 15) is 4.39 Å². The van der Waals surface area contributed by atoms with Gasteiger partial charge in [-0.25, -0.2) is 9.37 Å². The highest BCUT2D eigenvalue weighted by atomic mass is 79.9. The van der Waals surface area contributed by atoms with Gasteiger partial charge < -0.3 is 9.30 Å². The average Bonchev–Trinajstić information content (AvgIpc) is 2.58. The Morgan fingerprint density at radius 3 is 3.19 bits per heavy atom. The Bertz CT molecular complexity index is 567. The molecular weight excluding hydrogens is 275 g/mol. The van der Waals surface area contributed by atoms with Gasteiger partial charge in [-0.1, -0.05) is 15.9 Å². The van der Waals surface area contributed by atoms with E-state index >= 15 is 0 Å². The van der Waals surface area contributed by atoms with Crippen LogP contribution in [0.15, 0.2) is 16.6 Å². The third kappa shape index (κ3) is 1.38. The Balaban J connectivity index is 2.38. The van der Waals surface area contributed by atoms with Gasteiger partial charge in [0.1, 0.15) is 17.9 Å². The van der Waals surface area contributed by atoms with Crippen LogP contribution in [0.1, 0.15) is 18.8 Å². The highest BCUT2D eigenvalue weighted by Crippen LogP contribution is 2.29. The standard InChI is InChI=1S/C11H10BrFN2O/c1-6-4-16-5-10-14-11-8(13)2-7(12)3-9(11)15(6)10/h2-3,6H,4-5H2,1H3/t6-/m0/s1. The number of fused-ring (bicyclic) bond motifs is 3. The number of hydrogen-bond donors (Lipinski definition) is 0. The first kappa shape index (κ1) is 10.2. The first-order valence-electron chi connectivity index (χ1n) is 5.10. The van der Waals surface area contributed by atoms with E-state index in [0.717, 1.165) is 15.8 Å². The quantitative estimate of drug-likeness (QED) is 0.744. The van der Waals surface area contributed by atoms with Crippen LogP contribution >= 0.6 is 15.9 Å². The van der Waals surface area contributed by atoms with Gasteiger partial charge in [-0.05, 0) is 19.1 Å². The third-order valence-electron chi connectivity index (χ3n) is 2.82. The van der Waals surface area contributed by atoms with Crippen molar-refractivity contribution < 1.29 is 9.13 Å². The molecule has 0 bridgehead atoms. The normalized spacial score (nSPS) is 20.1. The second-order valence-electron chi connectivity index (χ2n) is 4.02. The van der Waals surface area contributed by atoms with Crippen molar-refractivity contribution in [3.8, 4) is 0 Å². The first-order valence-corrected chi connectivity index (χ1v) is 5.89. The van der Waals surface area contributed by atoms with Crippen molar-refractivity contribution in [3.63, 3.8) is 0 Å². The summed E-state index contributed by atoms with van der Waals surface area (Å²) in [5.41, 5.74) is 1.26. The lowest BCUT2D eigenvalue weighted by Crippen LogP contribution is -2.21. The van der Waals surface area contributed by atoms with E-state index in [4.69, 9.17) is 4.74 Å². The summed E-state index contributed by atoms with van der Waals surface area (Å²) in [5.74, 6) is 0.504. The summed E-state index contributed by atoms with van der Waals surface area (Å²) in [4.78, 5) is 4.29. The van der Waals surface area contributed by atoms with Crippen LogP contribution < -0.4 is 0 Å². The van der Waals surface area contributed by atoms with Gasteiger partial charge in [0.2, 0.25) is 0 Å². The Kier molecular flexibility index (Phi) is 2.26. The number of aromatic nitrogens is 2. The van der Waals surface area contributed by atoms with E-state index < -0.39 is 0 Å². The van der Waals surface area contributed by atoms with E-state index in [2.05, 4.69) is 20.9 Å². The molecule has 0 radical (unpaired) electrons. The molecule has 1 aromatic heterocycles. The molecule has 0 fully saturated rings. The number of halogens is 2. The van der Waals surface area contributed by atoms with Gasteiger partial charge in [0.05, 0.1) is 18.2 Å². The Labute approximate surface area is 100 Å². The van der Waals surface area contributed by atoms with Crippen molar-refractivity contribution >= 4 is 27.0 Å². The molecule has 0 N–H and O–H groups in total. The van der Waals surface area contributed by atoms with Gasteiger partial charge >= 0.3 is 0 Å². The summed E-state index contributed by atoms with van der Waals surface area (Å²) in [6, 6.07) is 3.53. The van der Waals surface area contributed by atoms with Gasteiger partial charge in [-0.3, -0.25) is 0 Å². The van der Waals surface area contributed by atoms with Gasteiger partial charge in [0, 0.05) is 4.47 Å². The predicted molar refractivity (Wildman–Crippen MR) is 61.8 cm³/mol. The van der Waals surface area contributed by atoms with Crippen molar-refractivity contribution in [1.82, 2.24) is 9.55 Å². The zero-order chi connectivity index (χ0) is 11.3. The topological polar surface area (TPSA) is 27.1 Å². The summed E-state index contributed by atoms with van der Waals surface area (Å²) in [6.45, 7) is 3.14. The number of ether oxygens (including phenoxy) is 1. The molecule has 0 amide bonds. The molecule has 2 heterocycles. The third-order valence-corrected chi connectivity index (χ3v) is 3.28. The molecule has 0 unspecified atom stereocenters. The van der Waals surface area contributed by atoms with E-state index in [-0.39, 0.29) is 11.9 Å². The van der Waals surface area contributed by atoms with E-state index in [1.807, 2.05) is 17.6 Å². The highest BCUT2D eigenvalue weighted by Gasteiger charge is 2.22. The molecule has 0 saturated carbocycles. The summed E-state index contributed by atoms with van der Waals surface area (Å²) >= 11 is 3.30. The molecular formula is C11H10BrFN2O. The molecule has 1 aromatic carbocycles. The smallest absolute Gasteiger partial charge is 0.152 e. The predicted octanol–water partition coefficient (Wildman–Crippen LogP) is 3.03. The van der Waals surface area contributed by atoms with Crippen molar-refractivity contribution in [2.24, 2.45) is 0 Å². The number of rotatable bonds is 0. The monoisotopic (exact) mass is 284 g/mol. The van der Waals surface area contributed by atoms with Crippen molar-refractivity contribution in [2.75, 3.05) is 6.61 Å². The molecule has 3 nitrogen and oxygen atoms in total. The zero-order valence-electron chi connectivity index (χ0n) is 8.70. The Morgan fingerprint density at radius 1 is 1.56 bits per heavy atom. The number of nitrogens with zero attached hydrogens (tertiary/aromatic N) is 2. The number of hydrogen-bond acceptors (Lipinski definition) is 2. The molecule has 2 aromatic rings. The molecule has 16 heavy (non-hydrogen) atoms. The fourth-order valence-corrected chi connectivity index (χ4v) is 2.58. The second-order valence-corrected chi connectivity index (χ2v) is 4.93. The maximum absolute atomic E-state index is 13.7. The molecule has 84 valence electrons. The molecule has 5 heteroatoms. The van der Waals surface area contributed by atoms with Crippen LogP contribution in [0.2, 0.25) is 0 Å². The number of imidazole rings is 1. The summed E-state index contributed by atoms with van der Waals surface area (Å²) in [6.07, 6.45) is 0. The Morgan fingerprint density at radius 2 is 2.38 bits per heavy atom. The highest BCUT2D eigenvalue weighted by molar-refractivity contribution is 9.10. The summed E-state index contributed by atoms with van der Waals surface area (Å²) < 4.78 is 21.9. The minimum absolute atomic E-state index is 0.197. The van der Waals surface area contributed by atoms with Crippen LogP contribution in [0, 0.1) is 5.82 Å². The van der Waals surface area contributed by atoms with E-state index in [1.165, 1.54) is 6.07 Å². The van der Waals surface area contributed by atoms with Crippen LogP contribution in [0.4, 0.5) is 4.39 Å². The molecule has 3 rings (SSSR count). The Hall–Kier alpha value is -0.940. The zero-order valence-corrected chi connectivity index (χ0v) is 10.3. The molecule has 0 saturated heterocycles. The maximum Gasteiger partial charge on any atom is 0.152 e. The first-order chi connectivity index (χ1) is 7.66. The van der Waals surface area contributed by atoms with Gasteiger partial charge in [-0.2, -0.15) is 0 Å². The van der Waals surface area contributed by atoms with Gasteiger partial charge in [0.25, 0.3) is 0 Å². The fourth-order valence-electron chi connectivity index (χ4n) is 2.16. The number of benzene rings is 1. The van der Waals surface area contributed by atoms with Crippen molar-refractivity contribution in [3.05, 3.63) is 28.2 Å². The fraction of sp³-hybridized carbons (Fsp3) is 0.364. The minimum atomic E-state index is -0.293. The molecule has 1 aliphatic rings. The van der Waals surface area contributed by atoms with Crippen molar-refractivity contribution in [1.29, 1.82) is 0 Å². The van der Waals surface area contributed by atoms with Crippen LogP contribution in [0.25, 0.3) is 11.0 Å². The van der Waals surface area contributed by atoms with Crippen LogP contribution in [0.5, 0.6) is 0 Å². The van der Waals surface area contributed by atoms with Crippen LogP contribution in [0.3, 0.4) is 0 Å². The summed E-state index contributed by atoms with van der Waals surface area (Å²) in [7, 11) is 0. The van der Waals surface area contributed by atoms with Gasteiger partial charge in [-0.15, -0.1) is 0 Å². The molecule has 1 atom stereocenters. The molecule has 0 spiro atoms. The lowest BCUT2D eigenvalue weighted by molar-refractivity contribution is 0.0621. The summed E-state index contributed by atoms with van der Waals surface area (Å²) in [5, 5.41) is 0.